The number of nitrogens with one attached hydrogen (secondary N) is 1. The number of hydrogen-bond acceptors (Lipinski definition) is 6. The van der Waals surface area contributed by atoms with Gasteiger partial charge in [0.25, 0.3) is 0 Å². The second-order valence-electron chi connectivity index (χ2n) is 2.94. The van der Waals surface area contributed by atoms with Crippen LogP contribution in [0.25, 0.3) is 0 Å². The van der Waals surface area contributed by atoms with Crippen molar-refractivity contribution in [1.82, 2.24) is 5.32 Å². The van der Waals surface area contributed by atoms with Crippen molar-refractivity contribution in [3.63, 3.8) is 0 Å². The van der Waals surface area contributed by atoms with Crippen LogP contribution >= 0.6 is 0 Å². The fourth-order valence-corrected chi connectivity index (χ4v) is 1.19. The van der Waals surface area contributed by atoms with E-state index in [4.69, 9.17) is 0 Å². The average Bonchev–Trinajstić information content (AvgIpc) is 2.70. The summed E-state index contributed by atoms with van der Waals surface area (Å²) in [5, 5.41) is 2.59. The second-order valence-corrected chi connectivity index (χ2v) is 2.94. The minimum Gasteiger partial charge on any atom is -0.469 e. The molecule has 0 aromatic rings. The van der Waals surface area contributed by atoms with Crippen LogP contribution in [0, 0.1) is 0 Å². The van der Waals surface area contributed by atoms with E-state index in [1.807, 2.05) is 0 Å². The molecule has 0 aromatic carbocycles. The van der Waals surface area contributed by atoms with E-state index < -0.39 is 11.9 Å². The fraction of sp³-hybridized carbons (Fsp3) is 0.300. The van der Waals surface area contributed by atoms with Gasteiger partial charge in [-0.25, -0.2) is 4.79 Å². The highest BCUT2D eigenvalue weighted by Gasteiger charge is 2.24. The number of esters is 2. The third-order valence-corrected chi connectivity index (χ3v) is 1.99. The molecule has 0 fully saturated rings. The van der Waals surface area contributed by atoms with E-state index in [1.165, 1.54) is 26.5 Å². The third kappa shape index (κ3) is 2.47. The largest absolute Gasteiger partial charge is 0.469 e. The molecule has 0 aromatic heterocycles. The zero-order valence-electron chi connectivity index (χ0n) is 8.90. The first-order chi connectivity index (χ1) is 7.60. The summed E-state index contributed by atoms with van der Waals surface area (Å²) in [6, 6.07) is 0. The Balaban J connectivity index is 3.00. The molecule has 0 aliphatic carbocycles. The van der Waals surface area contributed by atoms with E-state index >= 15 is 0 Å². The van der Waals surface area contributed by atoms with Crippen LogP contribution in [-0.4, -0.2) is 31.9 Å². The average molecular weight is 225 g/mol. The maximum absolute atomic E-state index is 11.4. The van der Waals surface area contributed by atoms with Crippen LogP contribution in [0.15, 0.2) is 23.5 Å². The molecule has 1 heterocycles. The van der Waals surface area contributed by atoms with Gasteiger partial charge in [0.05, 0.1) is 31.9 Å². The first-order valence-corrected chi connectivity index (χ1v) is 4.45. The van der Waals surface area contributed by atoms with E-state index in [1.54, 1.807) is 0 Å². The van der Waals surface area contributed by atoms with Gasteiger partial charge >= 0.3 is 11.9 Å². The molecule has 1 rings (SSSR count). The van der Waals surface area contributed by atoms with Gasteiger partial charge in [-0.05, 0) is 0 Å². The Morgan fingerprint density at radius 1 is 1.31 bits per heavy atom. The smallest absolute Gasteiger partial charge is 0.336 e. The van der Waals surface area contributed by atoms with Crippen LogP contribution in [0.3, 0.4) is 0 Å². The summed E-state index contributed by atoms with van der Waals surface area (Å²) in [6.07, 6.45) is 2.34. The van der Waals surface area contributed by atoms with Gasteiger partial charge in [-0.3, -0.25) is 9.59 Å². The molecule has 86 valence electrons. The van der Waals surface area contributed by atoms with Crippen molar-refractivity contribution < 1.29 is 23.9 Å². The van der Waals surface area contributed by atoms with Gasteiger partial charge in [0.2, 0.25) is 5.78 Å². The number of ketones is 1. The Hall–Kier alpha value is -2.11. The minimum atomic E-state index is -0.732. The molecule has 1 N–H and O–H groups in total. The molecule has 1 aliphatic heterocycles. The Morgan fingerprint density at radius 2 is 2.00 bits per heavy atom. The summed E-state index contributed by atoms with van der Waals surface area (Å²) in [6.45, 7) is 0. The summed E-state index contributed by atoms with van der Waals surface area (Å²) in [5.74, 6) is -1.72. The van der Waals surface area contributed by atoms with Crippen molar-refractivity contribution >= 4 is 17.7 Å². The molecule has 0 saturated heterocycles. The lowest BCUT2D eigenvalue weighted by Gasteiger charge is -2.07. The summed E-state index contributed by atoms with van der Waals surface area (Å²) in [5.41, 5.74) is 0.0154. The Morgan fingerprint density at radius 3 is 2.44 bits per heavy atom. The summed E-state index contributed by atoms with van der Waals surface area (Å²) in [7, 11) is 2.37. The summed E-state index contributed by atoms with van der Waals surface area (Å²) >= 11 is 0. The number of methoxy groups -OCH3 is 2. The van der Waals surface area contributed by atoms with E-state index in [0.29, 0.717) is 0 Å². The predicted molar refractivity (Wildman–Crippen MR) is 53.0 cm³/mol. The molecule has 0 radical (unpaired) electrons. The molecular formula is C10H11NO5. The third-order valence-electron chi connectivity index (χ3n) is 1.99. The molecule has 0 spiro atoms. The van der Waals surface area contributed by atoms with Crippen molar-refractivity contribution in [2.75, 3.05) is 14.2 Å². The topological polar surface area (TPSA) is 81.7 Å². The first-order valence-electron chi connectivity index (χ1n) is 4.45. The highest BCUT2D eigenvalue weighted by Crippen LogP contribution is 2.14. The van der Waals surface area contributed by atoms with Gasteiger partial charge in [-0.2, -0.15) is 0 Å². The quantitative estimate of drug-likeness (QED) is 0.523. The minimum absolute atomic E-state index is 0.0376. The lowest BCUT2D eigenvalue weighted by atomic mass is 10.1. The summed E-state index contributed by atoms with van der Waals surface area (Å²) < 4.78 is 8.92. The van der Waals surface area contributed by atoms with Crippen molar-refractivity contribution in [2.45, 2.75) is 6.42 Å². The Labute approximate surface area is 91.9 Å². The second kappa shape index (κ2) is 5.11. The van der Waals surface area contributed by atoms with Crippen LogP contribution in [0.5, 0.6) is 0 Å². The van der Waals surface area contributed by atoms with Crippen molar-refractivity contribution in [3.05, 3.63) is 23.5 Å². The number of carbonyl (C=O) groups is 3. The molecule has 0 saturated carbocycles. The van der Waals surface area contributed by atoms with Crippen molar-refractivity contribution in [2.24, 2.45) is 0 Å². The molecule has 0 unspecified atom stereocenters. The van der Waals surface area contributed by atoms with Crippen LogP contribution in [0.1, 0.15) is 6.42 Å². The molecule has 6 nitrogen and oxygen atoms in total. The van der Waals surface area contributed by atoms with Gasteiger partial charge in [-0.1, -0.05) is 0 Å². The van der Waals surface area contributed by atoms with Gasteiger partial charge in [-0.15, -0.1) is 0 Å². The van der Waals surface area contributed by atoms with Gasteiger partial charge < -0.3 is 14.8 Å². The number of allylic oxidation sites excluding steroid dienone is 1. The molecule has 0 atom stereocenters. The molecule has 0 bridgehead atoms. The number of ether oxygens (including phenoxy) is 2. The van der Waals surface area contributed by atoms with Gasteiger partial charge in [0.15, 0.2) is 0 Å². The van der Waals surface area contributed by atoms with Crippen LogP contribution < -0.4 is 5.32 Å². The molecule has 16 heavy (non-hydrogen) atoms. The predicted octanol–water partition coefficient (Wildman–Crippen LogP) is -0.337. The zero-order chi connectivity index (χ0) is 12.1. The van der Waals surface area contributed by atoms with Gasteiger partial charge in [0.1, 0.15) is 0 Å². The lowest BCUT2D eigenvalue weighted by molar-refractivity contribution is -0.143. The SMILES string of the molecule is COC(=O)C/C(C(=O)OC)=C1\NC=CC1=O. The number of rotatable bonds is 3. The van der Waals surface area contributed by atoms with Crippen molar-refractivity contribution in [3.8, 4) is 0 Å². The van der Waals surface area contributed by atoms with Gasteiger partial charge in [0, 0.05) is 12.3 Å². The number of carbonyl (C=O) groups excluding carboxylic acids is 3. The maximum Gasteiger partial charge on any atom is 0.336 e. The van der Waals surface area contributed by atoms with Crippen molar-refractivity contribution in [1.29, 1.82) is 0 Å². The van der Waals surface area contributed by atoms with E-state index in [2.05, 4.69) is 14.8 Å². The highest BCUT2D eigenvalue weighted by atomic mass is 16.5. The monoisotopic (exact) mass is 225 g/mol. The summed E-state index contributed by atoms with van der Waals surface area (Å²) in [4.78, 5) is 33.8. The normalized spacial score (nSPS) is 16.8. The molecule has 1 aliphatic rings. The maximum atomic E-state index is 11.4. The first kappa shape index (κ1) is 12.0. The van der Waals surface area contributed by atoms with Crippen LogP contribution in [0.2, 0.25) is 0 Å². The zero-order valence-corrected chi connectivity index (χ0v) is 8.90. The molecule has 6 heteroatoms. The van der Waals surface area contributed by atoms with E-state index in [0.717, 1.165) is 0 Å². The lowest BCUT2D eigenvalue weighted by Crippen LogP contribution is -2.19. The van der Waals surface area contributed by atoms with E-state index in [9.17, 15) is 14.4 Å². The van der Waals surface area contributed by atoms with E-state index in [-0.39, 0.29) is 23.5 Å². The highest BCUT2D eigenvalue weighted by molar-refractivity contribution is 6.11. The fourth-order valence-electron chi connectivity index (χ4n) is 1.19. The molecular weight excluding hydrogens is 214 g/mol. The Kier molecular flexibility index (Phi) is 3.82. The Bertz CT molecular complexity index is 394. The van der Waals surface area contributed by atoms with Crippen LogP contribution in [0.4, 0.5) is 0 Å². The molecule has 0 amide bonds. The standard InChI is InChI=1S/C10H11NO5/c1-15-8(13)5-6(10(14)16-2)9-7(12)3-4-11-9/h3-4,11H,5H2,1-2H3/b9-6+. The van der Waals surface area contributed by atoms with Crippen LogP contribution in [-0.2, 0) is 23.9 Å². The number of hydrogen-bond donors (Lipinski definition) is 1.